The first-order valence-electron chi connectivity index (χ1n) is 10.00. The molecule has 0 spiro atoms. The second-order valence-electron chi connectivity index (χ2n) is 7.72. The zero-order valence-electron chi connectivity index (χ0n) is 17.0. The van der Waals surface area contributed by atoms with Gasteiger partial charge in [-0.15, -0.1) is 0 Å². The van der Waals surface area contributed by atoms with Crippen LogP contribution < -0.4 is 4.90 Å². The third-order valence-corrected chi connectivity index (χ3v) is 5.42. The van der Waals surface area contributed by atoms with Crippen LogP contribution in [0.15, 0.2) is 40.9 Å². The average molecular weight is 427 g/mol. The van der Waals surface area contributed by atoms with Gasteiger partial charge in [0.15, 0.2) is 0 Å². The van der Waals surface area contributed by atoms with Gasteiger partial charge in [0.25, 0.3) is 0 Å². The predicted molar refractivity (Wildman–Crippen MR) is 113 cm³/mol. The fourth-order valence-corrected chi connectivity index (χ4v) is 3.96. The highest BCUT2D eigenvalue weighted by Gasteiger charge is 2.29. The largest absolute Gasteiger partial charge is 0.360 e. The molecule has 0 saturated heterocycles. The maximum absolute atomic E-state index is 13.0. The first-order chi connectivity index (χ1) is 14.4. The quantitative estimate of drug-likeness (QED) is 0.593. The fraction of sp³-hybridized carbons (Fsp3) is 0.364. The summed E-state index contributed by atoms with van der Waals surface area (Å²) in [5, 5.41) is 9.05. The van der Waals surface area contributed by atoms with Crippen molar-refractivity contribution in [2.24, 2.45) is 5.92 Å². The summed E-state index contributed by atoms with van der Waals surface area (Å²) < 4.78 is 7.17. The molecule has 7 nitrogen and oxygen atoms in total. The third kappa shape index (κ3) is 4.31. The number of ketones is 1. The predicted octanol–water partition coefficient (Wildman–Crippen LogP) is 4.07. The van der Waals surface area contributed by atoms with E-state index in [1.54, 1.807) is 30.0 Å². The number of nitrogens with zero attached hydrogens (tertiary/aromatic N) is 4. The van der Waals surface area contributed by atoms with Gasteiger partial charge >= 0.3 is 0 Å². The van der Waals surface area contributed by atoms with Gasteiger partial charge in [0.1, 0.15) is 23.1 Å². The van der Waals surface area contributed by atoms with E-state index < -0.39 is 5.92 Å². The van der Waals surface area contributed by atoms with Crippen LogP contribution in [0, 0.1) is 12.8 Å². The summed E-state index contributed by atoms with van der Waals surface area (Å²) in [5.74, 6) is 0.744. The monoisotopic (exact) mass is 426 g/mol. The molecule has 0 bridgehead atoms. The number of amides is 1. The maximum Gasteiger partial charge on any atom is 0.231 e. The lowest BCUT2D eigenvalue weighted by Gasteiger charge is -2.29. The van der Waals surface area contributed by atoms with Crippen LogP contribution >= 0.6 is 11.6 Å². The molecule has 1 amide bonds. The summed E-state index contributed by atoms with van der Waals surface area (Å²) in [4.78, 5) is 27.3. The first-order valence-corrected chi connectivity index (χ1v) is 10.4. The van der Waals surface area contributed by atoms with E-state index in [9.17, 15) is 9.59 Å². The Kier molecular flexibility index (Phi) is 5.72. The summed E-state index contributed by atoms with van der Waals surface area (Å²) in [5.41, 5.74) is 2.33. The van der Waals surface area contributed by atoms with Gasteiger partial charge in [-0.2, -0.15) is 5.10 Å². The van der Waals surface area contributed by atoms with Crippen LogP contribution in [-0.4, -0.2) is 33.2 Å². The second-order valence-corrected chi connectivity index (χ2v) is 8.16. The Bertz CT molecular complexity index is 1090. The van der Waals surface area contributed by atoms with Gasteiger partial charge in [-0.1, -0.05) is 35.8 Å². The molecule has 1 aliphatic rings. The Morgan fingerprint density at radius 1 is 1.23 bits per heavy atom. The molecule has 2 aromatic heterocycles. The highest BCUT2D eigenvalue weighted by molar-refractivity contribution is 6.30. The number of anilines is 1. The zero-order chi connectivity index (χ0) is 21.3. The Morgan fingerprint density at radius 3 is 2.87 bits per heavy atom. The van der Waals surface area contributed by atoms with E-state index in [-0.39, 0.29) is 24.5 Å². The number of aromatic nitrogens is 3. The molecule has 1 aliphatic heterocycles. The molecule has 30 heavy (non-hydrogen) atoms. The van der Waals surface area contributed by atoms with Gasteiger partial charge in [-0.05, 0) is 25.5 Å². The summed E-state index contributed by atoms with van der Waals surface area (Å²) in [6.45, 7) is 5.16. The molecule has 1 atom stereocenters. The Morgan fingerprint density at radius 2 is 2.07 bits per heavy atom. The minimum absolute atomic E-state index is 0.0543. The lowest BCUT2D eigenvalue weighted by molar-refractivity contribution is -0.127. The molecular formula is C22H23ClN4O3. The van der Waals surface area contributed by atoms with Crippen LogP contribution in [0.25, 0.3) is 11.3 Å². The van der Waals surface area contributed by atoms with Crippen molar-refractivity contribution in [3.63, 3.8) is 0 Å². The standard InChI is InChI=1S/C22H23ClN4O3/c1-14(22(29)26-7-4-8-27-21(26)10-15(2)24-27)9-18(28)12-19-13-20(25-30-19)16-5-3-6-17(23)11-16/h3,5-6,10-11,13-14H,4,7-9,12H2,1-2H3. The van der Waals surface area contributed by atoms with Crippen LogP contribution in [0.5, 0.6) is 0 Å². The molecule has 0 radical (unpaired) electrons. The molecular weight excluding hydrogens is 404 g/mol. The first kappa shape index (κ1) is 20.3. The lowest BCUT2D eigenvalue weighted by atomic mass is 10.00. The van der Waals surface area contributed by atoms with Crippen LogP contribution in [0.3, 0.4) is 0 Å². The van der Waals surface area contributed by atoms with E-state index in [0.29, 0.717) is 23.0 Å². The number of rotatable bonds is 6. The fourth-order valence-electron chi connectivity index (χ4n) is 3.77. The van der Waals surface area contributed by atoms with Crippen molar-refractivity contribution in [1.29, 1.82) is 0 Å². The lowest BCUT2D eigenvalue weighted by Crippen LogP contribution is -2.41. The van der Waals surface area contributed by atoms with E-state index in [4.69, 9.17) is 16.1 Å². The summed E-state index contributed by atoms with van der Waals surface area (Å²) >= 11 is 6.02. The van der Waals surface area contributed by atoms with Crippen molar-refractivity contribution in [2.75, 3.05) is 11.4 Å². The number of Topliss-reactive ketones (excluding diaryl/α,β-unsaturated/α-hetero) is 1. The molecule has 1 aromatic carbocycles. The van der Waals surface area contributed by atoms with Gasteiger partial charge in [0.2, 0.25) is 5.91 Å². The Hall–Kier alpha value is -2.93. The van der Waals surface area contributed by atoms with Gasteiger partial charge < -0.3 is 4.52 Å². The van der Waals surface area contributed by atoms with Gasteiger partial charge in [0.05, 0.1) is 12.1 Å². The van der Waals surface area contributed by atoms with E-state index in [1.807, 2.05) is 29.8 Å². The molecule has 0 fully saturated rings. The van der Waals surface area contributed by atoms with E-state index in [0.717, 1.165) is 30.0 Å². The topological polar surface area (TPSA) is 81.2 Å². The number of benzene rings is 1. The minimum atomic E-state index is -0.422. The van der Waals surface area contributed by atoms with Crippen LogP contribution in [-0.2, 0) is 22.6 Å². The molecule has 156 valence electrons. The highest BCUT2D eigenvalue weighted by atomic mass is 35.5. The SMILES string of the molecule is Cc1cc2n(n1)CCCN2C(=O)C(C)CC(=O)Cc1cc(-c2cccc(Cl)c2)no1. The van der Waals surface area contributed by atoms with Crippen molar-refractivity contribution in [3.8, 4) is 11.3 Å². The summed E-state index contributed by atoms with van der Waals surface area (Å²) in [7, 11) is 0. The van der Waals surface area contributed by atoms with Gasteiger partial charge in [-0.3, -0.25) is 14.5 Å². The summed E-state index contributed by atoms with van der Waals surface area (Å²) in [6.07, 6.45) is 1.10. The number of carbonyl (C=O) groups is 2. The molecule has 8 heteroatoms. The maximum atomic E-state index is 13.0. The number of hydrogen-bond donors (Lipinski definition) is 0. The van der Waals surface area contributed by atoms with Crippen LogP contribution in [0.2, 0.25) is 5.02 Å². The zero-order valence-corrected chi connectivity index (χ0v) is 17.7. The second kappa shape index (κ2) is 8.44. The van der Waals surface area contributed by atoms with Gasteiger partial charge in [0, 0.05) is 48.1 Å². The van der Waals surface area contributed by atoms with Crippen molar-refractivity contribution in [1.82, 2.24) is 14.9 Å². The van der Waals surface area contributed by atoms with E-state index in [1.165, 1.54) is 0 Å². The van der Waals surface area contributed by atoms with E-state index in [2.05, 4.69) is 10.3 Å². The Labute approximate surface area is 179 Å². The number of carbonyl (C=O) groups excluding carboxylic acids is 2. The normalized spacial score (nSPS) is 14.4. The number of halogens is 1. The molecule has 0 N–H and O–H groups in total. The minimum Gasteiger partial charge on any atom is -0.360 e. The molecule has 1 unspecified atom stereocenters. The van der Waals surface area contributed by atoms with Crippen molar-refractivity contribution in [2.45, 2.75) is 39.7 Å². The van der Waals surface area contributed by atoms with Crippen LogP contribution in [0.4, 0.5) is 5.82 Å². The van der Waals surface area contributed by atoms with Crippen molar-refractivity contribution >= 4 is 29.1 Å². The molecule has 4 rings (SSSR count). The third-order valence-electron chi connectivity index (χ3n) is 5.18. The molecule has 3 heterocycles. The molecule has 0 saturated carbocycles. The van der Waals surface area contributed by atoms with Crippen molar-refractivity contribution in [3.05, 3.63) is 52.9 Å². The van der Waals surface area contributed by atoms with E-state index >= 15 is 0 Å². The number of hydrogen-bond acceptors (Lipinski definition) is 5. The average Bonchev–Trinajstić information content (AvgIpc) is 3.32. The highest BCUT2D eigenvalue weighted by Crippen LogP contribution is 2.25. The number of aryl methyl sites for hydroxylation is 2. The van der Waals surface area contributed by atoms with Crippen LogP contribution in [0.1, 0.15) is 31.2 Å². The molecule has 0 aliphatic carbocycles. The molecule has 3 aromatic rings. The van der Waals surface area contributed by atoms with Gasteiger partial charge in [-0.25, -0.2) is 4.68 Å². The Balaban J connectivity index is 1.38. The van der Waals surface area contributed by atoms with Crippen molar-refractivity contribution < 1.29 is 14.1 Å². The number of fused-ring (bicyclic) bond motifs is 1. The smallest absolute Gasteiger partial charge is 0.231 e. The summed E-state index contributed by atoms with van der Waals surface area (Å²) in [6, 6.07) is 10.9.